The van der Waals surface area contributed by atoms with E-state index in [2.05, 4.69) is 6.92 Å². The largest absolute Gasteiger partial charge is 0.380 e. The molecule has 88 valence electrons. The molecule has 0 aromatic heterocycles. The summed E-state index contributed by atoms with van der Waals surface area (Å²) in [4.78, 5) is 13.3. The second-order valence-electron chi connectivity index (χ2n) is 4.10. The van der Waals surface area contributed by atoms with Gasteiger partial charge in [0.25, 0.3) is 0 Å². The highest BCUT2D eigenvalue weighted by Crippen LogP contribution is 2.09. The summed E-state index contributed by atoms with van der Waals surface area (Å²) in [7, 11) is 0. The third-order valence-electron chi connectivity index (χ3n) is 2.68. The first-order valence-corrected chi connectivity index (χ1v) is 5.85. The first kappa shape index (κ1) is 12.5. The molecule has 0 saturated carbocycles. The number of piperidine rings is 1. The Labute approximate surface area is 91.8 Å². The molecule has 1 saturated heterocycles. The molecule has 2 N–H and O–H groups in total. The minimum absolute atomic E-state index is 0.151. The van der Waals surface area contributed by atoms with Gasteiger partial charge >= 0.3 is 0 Å². The lowest BCUT2D eigenvalue weighted by atomic mass is 10.1. The van der Waals surface area contributed by atoms with E-state index in [-0.39, 0.29) is 11.9 Å². The molecule has 0 spiro atoms. The molecule has 0 radical (unpaired) electrons. The normalized spacial score (nSPS) is 22.1. The molecule has 1 atom stereocenters. The smallest absolute Gasteiger partial charge is 0.222 e. The van der Waals surface area contributed by atoms with Crippen molar-refractivity contribution in [2.45, 2.75) is 38.6 Å². The molecule has 1 aliphatic rings. The van der Waals surface area contributed by atoms with E-state index in [0.717, 1.165) is 25.9 Å². The van der Waals surface area contributed by atoms with Crippen molar-refractivity contribution >= 4 is 5.91 Å². The maximum Gasteiger partial charge on any atom is 0.222 e. The molecule has 0 aromatic rings. The van der Waals surface area contributed by atoms with Crippen molar-refractivity contribution in [1.29, 1.82) is 0 Å². The zero-order valence-corrected chi connectivity index (χ0v) is 9.58. The predicted octanol–water partition coefficient (Wildman–Crippen LogP) is 0.753. The average Bonchev–Trinajstić information content (AvgIpc) is 2.23. The average molecular weight is 214 g/mol. The number of unbranched alkanes of at least 4 members (excludes halogenated alkanes) is 1. The number of carbonyl (C=O) groups is 1. The molecule has 1 amide bonds. The Morgan fingerprint density at radius 3 is 3.07 bits per heavy atom. The highest BCUT2D eigenvalue weighted by Gasteiger charge is 2.22. The summed E-state index contributed by atoms with van der Waals surface area (Å²) in [6, 6.07) is 0.151. The van der Waals surface area contributed by atoms with Crippen molar-refractivity contribution in [2.75, 3.05) is 26.3 Å². The Balaban J connectivity index is 2.11. The number of rotatable bonds is 6. The molecular weight excluding hydrogens is 192 g/mol. The lowest BCUT2D eigenvalue weighted by Crippen LogP contribution is -2.47. The van der Waals surface area contributed by atoms with Gasteiger partial charge in [-0.3, -0.25) is 4.79 Å². The molecule has 0 aliphatic carbocycles. The van der Waals surface area contributed by atoms with Crippen molar-refractivity contribution in [1.82, 2.24) is 4.90 Å². The predicted molar refractivity (Wildman–Crippen MR) is 59.5 cm³/mol. The fraction of sp³-hybridized carbons (Fsp3) is 0.909. The highest BCUT2D eigenvalue weighted by molar-refractivity contribution is 5.77. The number of amides is 1. The number of ether oxygens (including phenoxy) is 1. The van der Waals surface area contributed by atoms with Crippen LogP contribution in [-0.4, -0.2) is 43.2 Å². The quantitative estimate of drug-likeness (QED) is 0.664. The summed E-state index contributed by atoms with van der Waals surface area (Å²) >= 11 is 0. The molecule has 1 aliphatic heterocycles. The minimum Gasteiger partial charge on any atom is -0.380 e. The zero-order valence-electron chi connectivity index (χ0n) is 9.58. The number of hydrogen-bond donors (Lipinski definition) is 1. The topological polar surface area (TPSA) is 55.6 Å². The van der Waals surface area contributed by atoms with Gasteiger partial charge in [-0.15, -0.1) is 0 Å². The Kier molecular flexibility index (Phi) is 5.65. The molecule has 1 rings (SSSR count). The van der Waals surface area contributed by atoms with Gasteiger partial charge in [-0.1, -0.05) is 13.3 Å². The van der Waals surface area contributed by atoms with Crippen LogP contribution in [0.1, 0.15) is 32.6 Å². The van der Waals surface area contributed by atoms with E-state index in [9.17, 15) is 4.79 Å². The van der Waals surface area contributed by atoms with Gasteiger partial charge in [0.1, 0.15) is 0 Å². The summed E-state index contributed by atoms with van der Waals surface area (Å²) in [5, 5.41) is 0. The van der Waals surface area contributed by atoms with E-state index >= 15 is 0 Å². The number of hydrogen-bond acceptors (Lipinski definition) is 3. The van der Waals surface area contributed by atoms with Crippen molar-refractivity contribution < 1.29 is 9.53 Å². The van der Waals surface area contributed by atoms with Crippen LogP contribution in [0.25, 0.3) is 0 Å². The molecule has 4 nitrogen and oxygen atoms in total. The van der Waals surface area contributed by atoms with E-state index in [1.807, 2.05) is 4.90 Å². The van der Waals surface area contributed by atoms with Crippen LogP contribution in [0.5, 0.6) is 0 Å². The van der Waals surface area contributed by atoms with Crippen molar-refractivity contribution in [3.8, 4) is 0 Å². The second kappa shape index (κ2) is 6.80. The first-order chi connectivity index (χ1) is 7.24. The van der Waals surface area contributed by atoms with Crippen LogP contribution < -0.4 is 5.73 Å². The summed E-state index contributed by atoms with van der Waals surface area (Å²) < 4.78 is 5.43. The highest BCUT2D eigenvalue weighted by atomic mass is 16.5. The van der Waals surface area contributed by atoms with Crippen LogP contribution >= 0.6 is 0 Å². The fourth-order valence-electron chi connectivity index (χ4n) is 1.68. The van der Waals surface area contributed by atoms with Crippen LogP contribution in [0.3, 0.4) is 0 Å². The van der Waals surface area contributed by atoms with E-state index in [0.29, 0.717) is 26.1 Å². The molecule has 1 heterocycles. The summed E-state index contributed by atoms with van der Waals surface area (Å²) in [5.41, 5.74) is 5.80. The molecule has 0 aromatic carbocycles. The van der Waals surface area contributed by atoms with Crippen LogP contribution in [0, 0.1) is 0 Å². The Morgan fingerprint density at radius 1 is 1.53 bits per heavy atom. The third-order valence-corrected chi connectivity index (χ3v) is 2.68. The number of likely N-dealkylation sites (tertiary alicyclic amines) is 1. The summed E-state index contributed by atoms with van der Waals surface area (Å²) in [5.74, 6) is 0.218. The van der Waals surface area contributed by atoms with Gasteiger partial charge in [0.2, 0.25) is 5.91 Å². The summed E-state index contributed by atoms with van der Waals surface area (Å²) in [6.45, 7) is 4.95. The van der Waals surface area contributed by atoms with Crippen LogP contribution in [0.2, 0.25) is 0 Å². The lowest BCUT2D eigenvalue weighted by molar-refractivity contribution is -0.134. The van der Waals surface area contributed by atoms with Gasteiger partial charge in [-0.25, -0.2) is 0 Å². The number of nitrogens with two attached hydrogens (primary N) is 1. The minimum atomic E-state index is 0.151. The van der Waals surface area contributed by atoms with Crippen molar-refractivity contribution in [3.05, 3.63) is 0 Å². The van der Waals surface area contributed by atoms with Crippen molar-refractivity contribution in [3.63, 3.8) is 0 Å². The van der Waals surface area contributed by atoms with E-state index < -0.39 is 0 Å². The first-order valence-electron chi connectivity index (χ1n) is 5.85. The van der Waals surface area contributed by atoms with E-state index in [1.165, 1.54) is 0 Å². The molecular formula is C11H22N2O2. The van der Waals surface area contributed by atoms with Crippen LogP contribution in [0.15, 0.2) is 0 Å². The van der Waals surface area contributed by atoms with Gasteiger partial charge in [0, 0.05) is 32.2 Å². The maximum absolute atomic E-state index is 11.5. The van der Waals surface area contributed by atoms with Crippen molar-refractivity contribution in [2.24, 2.45) is 5.73 Å². The van der Waals surface area contributed by atoms with Gasteiger partial charge in [0.05, 0.1) is 6.61 Å². The van der Waals surface area contributed by atoms with Gasteiger partial charge in [-0.05, 0) is 12.8 Å². The summed E-state index contributed by atoms with van der Waals surface area (Å²) in [6.07, 6.45) is 3.66. The van der Waals surface area contributed by atoms with E-state index in [4.69, 9.17) is 10.5 Å². The Bertz CT molecular complexity index is 197. The van der Waals surface area contributed by atoms with Gasteiger partial charge < -0.3 is 15.4 Å². The standard InChI is InChI=1S/C11H22N2O2/c1-2-3-7-15-8-6-13-9-10(12)4-5-11(13)14/h10H,2-9,12H2,1H3. The second-order valence-corrected chi connectivity index (χ2v) is 4.10. The molecule has 1 unspecified atom stereocenters. The van der Waals surface area contributed by atoms with Crippen LogP contribution in [-0.2, 0) is 9.53 Å². The molecule has 1 fully saturated rings. The SMILES string of the molecule is CCCCOCCN1CC(N)CCC1=O. The Hall–Kier alpha value is -0.610. The zero-order chi connectivity index (χ0) is 11.1. The lowest BCUT2D eigenvalue weighted by Gasteiger charge is -2.30. The molecule has 4 heteroatoms. The molecule has 0 bridgehead atoms. The van der Waals surface area contributed by atoms with Gasteiger partial charge in [0.15, 0.2) is 0 Å². The third kappa shape index (κ3) is 4.62. The van der Waals surface area contributed by atoms with Crippen LogP contribution in [0.4, 0.5) is 0 Å². The Morgan fingerprint density at radius 2 is 2.33 bits per heavy atom. The number of nitrogens with zero attached hydrogens (tertiary/aromatic N) is 1. The monoisotopic (exact) mass is 214 g/mol. The van der Waals surface area contributed by atoms with E-state index in [1.54, 1.807) is 0 Å². The molecule has 15 heavy (non-hydrogen) atoms. The number of carbonyl (C=O) groups excluding carboxylic acids is 1. The maximum atomic E-state index is 11.5. The van der Waals surface area contributed by atoms with Gasteiger partial charge in [-0.2, -0.15) is 0 Å². The fourth-order valence-corrected chi connectivity index (χ4v) is 1.68.